The van der Waals surface area contributed by atoms with E-state index in [1.807, 2.05) is 0 Å². The van der Waals surface area contributed by atoms with Gasteiger partial charge in [0, 0.05) is 19.0 Å². The third-order valence-electron chi connectivity index (χ3n) is 3.61. The molecule has 1 saturated carbocycles. The van der Waals surface area contributed by atoms with Crippen LogP contribution in [0.15, 0.2) is 16.6 Å². The number of halogens is 3. The minimum atomic E-state index is -0.797. The minimum Gasteiger partial charge on any atom is -0.369 e. The van der Waals surface area contributed by atoms with Crippen molar-refractivity contribution < 1.29 is 18.4 Å². The molecule has 0 heterocycles. The number of benzene rings is 1. The molecule has 0 bridgehead atoms. The third-order valence-corrected chi connectivity index (χ3v) is 4.18. The molecule has 108 valence electrons. The summed E-state index contributed by atoms with van der Waals surface area (Å²) < 4.78 is 27.0. The van der Waals surface area contributed by atoms with Crippen molar-refractivity contribution in [1.29, 1.82) is 0 Å². The zero-order valence-electron chi connectivity index (χ0n) is 10.7. The second-order valence-corrected chi connectivity index (χ2v) is 5.74. The van der Waals surface area contributed by atoms with E-state index in [4.69, 9.17) is 5.73 Å². The molecule has 0 unspecified atom stereocenters. The lowest BCUT2D eigenvalue weighted by atomic mass is 9.79. The first-order chi connectivity index (χ1) is 9.31. The van der Waals surface area contributed by atoms with Crippen LogP contribution in [-0.2, 0) is 4.79 Å². The topological polar surface area (TPSA) is 63.4 Å². The number of amides is 2. The van der Waals surface area contributed by atoms with E-state index < -0.39 is 23.4 Å². The number of carbonyl (C=O) groups is 2. The minimum absolute atomic E-state index is 0.0992. The van der Waals surface area contributed by atoms with Gasteiger partial charge < -0.3 is 10.6 Å². The Bertz CT molecular complexity index is 574. The molecule has 1 aromatic rings. The number of carbonyl (C=O) groups excluding carboxylic acids is 2. The van der Waals surface area contributed by atoms with E-state index in [9.17, 15) is 18.4 Å². The Morgan fingerprint density at radius 2 is 1.95 bits per heavy atom. The van der Waals surface area contributed by atoms with Gasteiger partial charge in [-0.05, 0) is 40.9 Å². The fourth-order valence-electron chi connectivity index (χ4n) is 2.20. The largest absolute Gasteiger partial charge is 0.369 e. The van der Waals surface area contributed by atoms with Crippen LogP contribution in [-0.4, -0.2) is 29.8 Å². The molecular formula is C13H13BrF2N2O2. The number of hydrogen-bond donors (Lipinski definition) is 1. The predicted octanol–water partition coefficient (Wildman–Crippen LogP) is 2.06. The van der Waals surface area contributed by atoms with Gasteiger partial charge in [0.15, 0.2) is 0 Å². The molecule has 0 radical (unpaired) electrons. The van der Waals surface area contributed by atoms with E-state index in [-0.39, 0.29) is 22.0 Å². The van der Waals surface area contributed by atoms with Crippen LogP contribution in [0.3, 0.4) is 0 Å². The summed E-state index contributed by atoms with van der Waals surface area (Å²) in [5.41, 5.74) is 4.82. The standard InChI is InChI=1S/C13H13BrF2N2O2/c1-18(8-2-6(3-8)12(17)19)13(20)9-4-7(15)5-10(14)11(9)16/h4-6,8H,2-3H2,1H3,(H2,17,19). The molecule has 4 nitrogen and oxygen atoms in total. The molecular weight excluding hydrogens is 334 g/mol. The van der Waals surface area contributed by atoms with E-state index in [2.05, 4.69) is 15.9 Å². The second-order valence-electron chi connectivity index (χ2n) is 4.89. The van der Waals surface area contributed by atoms with Crippen LogP contribution in [0.4, 0.5) is 8.78 Å². The molecule has 1 aliphatic rings. The zero-order valence-corrected chi connectivity index (χ0v) is 12.3. The van der Waals surface area contributed by atoms with Gasteiger partial charge in [-0.25, -0.2) is 8.78 Å². The highest BCUT2D eigenvalue weighted by molar-refractivity contribution is 9.10. The van der Waals surface area contributed by atoms with Crippen molar-refractivity contribution in [3.63, 3.8) is 0 Å². The van der Waals surface area contributed by atoms with Gasteiger partial charge in [0.05, 0.1) is 10.0 Å². The molecule has 2 rings (SSSR count). The first-order valence-corrected chi connectivity index (χ1v) is 6.81. The molecule has 1 fully saturated rings. The summed E-state index contributed by atoms with van der Waals surface area (Å²) in [6, 6.07) is 1.64. The Labute approximate surface area is 123 Å². The highest BCUT2D eigenvalue weighted by Gasteiger charge is 2.38. The molecule has 1 aliphatic carbocycles. The maximum absolute atomic E-state index is 13.8. The quantitative estimate of drug-likeness (QED) is 0.851. The summed E-state index contributed by atoms with van der Waals surface area (Å²) in [6.07, 6.45) is 0.908. The average Bonchev–Trinajstić information content (AvgIpc) is 2.30. The maximum atomic E-state index is 13.8. The summed E-state index contributed by atoms with van der Waals surface area (Å²) in [5.74, 6) is -2.76. The molecule has 1 aromatic carbocycles. The Morgan fingerprint density at radius 3 is 2.50 bits per heavy atom. The second kappa shape index (κ2) is 5.47. The van der Waals surface area contributed by atoms with E-state index in [1.165, 1.54) is 11.9 Å². The van der Waals surface area contributed by atoms with Gasteiger partial charge in [-0.2, -0.15) is 0 Å². The predicted molar refractivity (Wildman–Crippen MR) is 71.9 cm³/mol. The van der Waals surface area contributed by atoms with Crippen LogP contribution in [0.5, 0.6) is 0 Å². The lowest BCUT2D eigenvalue weighted by molar-refractivity contribution is -0.125. The molecule has 20 heavy (non-hydrogen) atoms. The molecule has 2 amide bonds. The monoisotopic (exact) mass is 346 g/mol. The average molecular weight is 347 g/mol. The van der Waals surface area contributed by atoms with Crippen molar-refractivity contribution in [2.45, 2.75) is 18.9 Å². The van der Waals surface area contributed by atoms with E-state index in [1.54, 1.807) is 0 Å². The summed E-state index contributed by atoms with van der Waals surface area (Å²) in [4.78, 5) is 24.4. The van der Waals surface area contributed by atoms with Gasteiger partial charge in [-0.3, -0.25) is 9.59 Å². The molecule has 0 atom stereocenters. The van der Waals surface area contributed by atoms with Gasteiger partial charge >= 0.3 is 0 Å². The summed E-state index contributed by atoms with van der Waals surface area (Å²) >= 11 is 2.86. The van der Waals surface area contributed by atoms with Gasteiger partial charge in [-0.15, -0.1) is 0 Å². The van der Waals surface area contributed by atoms with Gasteiger partial charge in [-0.1, -0.05) is 0 Å². The van der Waals surface area contributed by atoms with Crippen molar-refractivity contribution in [3.8, 4) is 0 Å². The Morgan fingerprint density at radius 1 is 1.35 bits per heavy atom. The Hall–Kier alpha value is -1.50. The van der Waals surface area contributed by atoms with Crippen LogP contribution >= 0.6 is 15.9 Å². The molecule has 0 saturated heterocycles. The van der Waals surface area contributed by atoms with Crippen molar-refractivity contribution in [3.05, 3.63) is 33.8 Å². The van der Waals surface area contributed by atoms with Crippen LogP contribution in [0.2, 0.25) is 0 Å². The Balaban J connectivity index is 2.14. The lowest BCUT2D eigenvalue weighted by Crippen LogP contribution is -2.49. The SMILES string of the molecule is CN(C(=O)c1cc(F)cc(Br)c1F)C1CC(C(N)=O)C1. The van der Waals surface area contributed by atoms with Crippen LogP contribution in [0, 0.1) is 17.6 Å². The molecule has 2 N–H and O–H groups in total. The highest BCUT2D eigenvalue weighted by Crippen LogP contribution is 2.32. The van der Waals surface area contributed by atoms with Crippen molar-refractivity contribution >= 4 is 27.7 Å². The smallest absolute Gasteiger partial charge is 0.256 e. The van der Waals surface area contributed by atoms with Gasteiger partial charge in [0.25, 0.3) is 5.91 Å². The summed E-state index contributed by atoms with van der Waals surface area (Å²) in [7, 11) is 1.50. The van der Waals surface area contributed by atoms with Crippen LogP contribution < -0.4 is 5.73 Å². The summed E-state index contributed by atoms with van der Waals surface area (Å²) in [5, 5.41) is 0. The fourth-order valence-corrected chi connectivity index (χ4v) is 2.64. The van der Waals surface area contributed by atoms with E-state index in [0.29, 0.717) is 12.8 Å². The molecule has 7 heteroatoms. The van der Waals surface area contributed by atoms with E-state index in [0.717, 1.165) is 12.1 Å². The van der Waals surface area contributed by atoms with Gasteiger partial charge in [0.2, 0.25) is 5.91 Å². The number of hydrogen-bond acceptors (Lipinski definition) is 2. The van der Waals surface area contributed by atoms with Crippen LogP contribution in [0.1, 0.15) is 23.2 Å². The van der Waals surface area contributed by atoms with Gasteiger partial charge in [0.1, 0.15) is 11.6 Å². The number of nitrogens with two attached hydrogens (primary N) is 1. The fraction of sp³-hybridized carbons (Fsp3) is 0.385. The first-order valence-electron chi connectivity index (χ1n) is 6.02. The summed E-state index contributed by atoms with van der Waals surface area (Å²) in [6.45, 7) is 0. The molecule has 0 spiro atoms. The highest BCUT2D eigenvalue weighted by atomic mass is 79.9. The zero-order chi connectivity index (χ0) is 15.0. The lowest BCUT2D eigenvalue weighted by Gasteiger charge is -2.39. The molecule has 0 aliphatic heterocycles. The third kappa shape index (κ3) is 2.67. The number of rotatable bonds is 3. The Kier molecular flexibility index (Phi) is 4.08. The van der Waals surface area contributed by atoms with Crippen LogP contribution in [0.25, 0.3) is 0 Å². The van der Waals surface area contributed by atoms with Crippen molar-refractivity contribution in [1.82, 2.24) is 4.90 Å². The maximum Gasteiger partial charge on any atom is 0.256 e. The normalized spacial score (nSPS) is 21.2. The number of primary amides is 1. The number of nitrogens with zero attached hydrogens (tertiary/aromatic N) is 1. The molecule has 0 aromatic heterocycles. The first kappa shape index (κ1) is 14.9. The van der Waals surface area contributed by atoms with E-state index >= 15 is 0 Å². The van der Waals surface area contributed by atoms with Crippen molar-refractivity contribution in [2.75, 3.05) is 7.05 Å². The van der Waals surface area contributed by atoms with Crippen molar-refractivity contribution in [2.24, 2.45) is 11.7 Å².